The van der Waals surface area contributed by atoms with Gasteiger partial charge in [0.2, 0.25) is 0 Å². The zero-order valence-corrected chi connectivity index (χ0v) is 11.1. The molecule has 0 bridgehead atoms. The number of ether oxygens (including phenoxy) is 1. The zero-order chi connectivity index (χ0) is 12.7. The monoisotopic (exact) mass is 254 g/mol. The van der Waals surface area contributed by atoms with Crippen molar-refractivity contribution >= 4 is 16.8 Å². The Bertz CT molecular complexity index is 401. The van der Waals surface area contributed by atoms with E-state index in [4.69, 9.17) is 4.74 Å². The van der Waals surface area contributed by atoms with Crippen LogP contribution in [0.2, 0.25) is 0 Å². The fourth-order valence-corrected chi connectivity index (χ4v) is 2.48. The molecule has 3 nitrogen and oxygen atoms in total. The van der Waals surface area contributed by atoms with E-state index in [-0.39, 0.29) is 11.7 Å². The fraction of sp³-hybridized carbons (Fsp3) is 0.462. The summed E-state index contributed by atoms with van der Waals surface area (Å²) in [6.45, 7) is 4.33. The van der Waals surface area contributed by atoms with Crippen molar-refractivity contribution in [1.29, 1.82) is 0 Å². The Labute approximate surface area is 105 Å². The van der Waals surface area contributed by atoms with Gasteiger partial charge in [0, 0.05) is 4.90 Å². The largest absolute Gasteiger partial charge is 0.465 e. The molecule has 0 aliphatic rings. The van der Waals surface area contributed by atoms with E-state index < -0.39 is 10.8 Å². The van der Waals surface area contributed by atoms with Crippen LogP contribution in [0.15, 0.2) is 29.2 Å². The number of rotatable bonds is 6. The Kier molecular flexibility index (Phi) is 5.91. The maximum Gasteiger partial charge on any atom is 0.318 e. The number of carbonyl (C=O) groups is 1. The normalized spacial score (nSPS) is 12.1. The molecule has 0 spiro atoms. The third-order valence-corrected chi connectivity index (χ3v) is 3.80. The van der Waals surface area contributed by atoms with E-state index in [1.54, 1.807) is 6.07 Å². The second kappa shape index (κ2) is 7.22. The molecule has 0 fully saturated rings. The number of aryl methyl sites for hydroxylation is 1. The van der Waals surface area contributed by atoms with Crippen molar-refractivity contribution in [2.75, 3.05) is 12.4 Å². The molecule has 4 heteroatoms. The van der Waals surface area contributed by atoms with Crippen LogP contribution in [0, 0.1) is 6.92 Å². The number of carbonyl (C=O) groups excluding carboxylic acids is 1. The van der Waals surface area contributed by atoms with Crippen LogP contribution in [-0.4, -0.2) is 22.5 Å². The van der Waals surface area contributed by atoms with Gasteiger partial charge in [0.25, 0.3) is 0 Å². The minimum Gasteiger partial charge on any atom is -0.465 e. The van der Waals surface area contributed by atoms with Gasteiger partial charge in [-0.15, -0.1) is 0 Å². The second-order valence-corrected chi connectivity index (χ2v) is 5.25. The minimum atomic E-state index is -1.31. The van der Waals surface area contributed by atoms with Gasteiger partial charge in [-0.05, 0) is 25.0 Å². The maximum atomic E-state index is 11.9. The molecular weight excluding hydrogens is 236 g/mol. The summed E-state index contributed by atoms with van der Waals surface area (Å²) >= 11 is 0. The van der Waals surface area contributed by atoms with Crippen molar-refractivity contribution in [3.63, 3.8) is 0 Å². The average molecular weight is 254 g/mol. The van der Waals surface area contributed by atoms with E-state index in [2.05, 4.69) is 0 Å². The lowest BCUT2D eigenvalue weighted by Crippen LogP contribution is -2.15. The molecule has 1 aromatic rings. The summed E-state index contributed by atoms with van der Waals surface area (Å²) in [6.07, 6.45) is 1.83. The lowest BCUT2D eigenvalue weighted by Gasteiger charge is -2.06. The zero-order valence-electron chi connectivity index (χ0n) is 10.3. The van der Waals surface area contributed by atoms with Crippen LogP contribution in [0.4, 0.5) is 0 Å². The lowest BCUT2D eigenvalue weighted by molar-refractivity contribution is -0.140. The van der Waals surface area contributed by atoms with Crippen molar-refractivity contribution in [2.24, 2.45) is 0 Å². The van der Waals surface area contributed by atoms with Crippen molar-refractivity contribution in [2.45, 2.75) is 31.6 Å². The molecule has 0 aliphatic carbocycles. The Morgan fingerprint density at radius 1 is 1.35 bits per heavy atom. The second-order valence-electron chi connectivity index (χ2n) is 3.83. The predicted octanol–water partition coefficient (Wildman–Crippen LogP) is 2.45. The summed E-state index contributed by atoms with van der Waals surface area (Å²) in [5, 5.41) is 0. The topological polar surface area (TPSA) is 43.4 Å². The molecule has 1 rings (SSSR count). The maximum absolute atomic E-state index is 11.9. The summed E-state index contributed by atoms with van der Waals surface area (Å²) in [6, 6.07) is 7.37. The molecule has 0 saturated heterocycles. The Morgan fingerprint density at radius 3 is 2.71 bits per heavy atom. The van der Waals surface area contributed by atoms with Gasteiger partial charge < -0.3 is 4.74 Å². The van der Waals surface area contributed by atoms with Crippen LogP contribution in [-0.2, 0) is 20.3 Å². The Hall–Kier alpha value is -1.16. The molecule has 0 N–H and O–H groups in total. The molecule has 17 heavy (non-hydrogen) atoms. The number of unbranched alkanes of at least 4 members (excludes halogenated alkanes) is 1. The highest BCUT2D eigenvalue weighted by atomic mass is 32.2. The molecule has 1 unspecified atom stereocenters. The molecule has 1 atom stereocenters. The molecule has 1 aromatic carbocycles. The molecule has 94 valence electrons. The van der Waals surface area contributed by atoms with Crippen molar-refractivity contribution < 1.29 is 13.7 Å². The van der Waals surface area contributed by atoms with Crippen LogP contribution >= 0.6 is 0 Å². The van der Waals surface area contributed by atoms with Gasteiger partial charge in [-0.2, -0.15) is 0 Å². The van der Waals surface area contributed by atoms with Crippen molar-refractivity contribution in [3.05, 3.63) is 29.8 Å². The summed E-state index contributed by atoms with van der Waals surface area (Å²) in [5.41, 5.74) is 0.937. The highest BCUT2D eigenvalue weighted by Gasteiger charge is 2.12. The Balaban J connectivity index is 2.49. The quantitative estimate of drug-likeness (QED) is 0.578. The molecule has 0 aliphatic heterocycles. The van der Waals surface area contributed by atoms with E-state index in [1.165, 1.54) is 0 Å². The lowest BCUT2D eigenvalue weighted by atomic mass is 10.2. The first kappa shape index (κ1) is 13.9. The van der Waals surface area contributed by atoms with Gasteiger partial charge in [0.15, 0.2) is 0 Å². The molecule has 0 aromatic heterocycles. The van der Waals surface area contributed by atoms with Crippen LogP contribution in [0.25, 0.3) is 0 Å². The van der Waals surface area contributed by atoms with Gasteiger partial charge in [0.1, 0.15) is 5.75 Å². The van der Waals surface area contributed by atoms with Gasteiger partial charge in [0.05, 0.1) is 17.4 Å². The third kappa shape index (κ3) is 4.69. The minimum absolute atomic E-state index is 0.0609. The van der Waals surface area contributed by atoms with Crippen LogP contribution in [0.1, 0.15) is 25.3 Å². The van der Waals surface area contributed by atoms with Crippen molar-refractivity contribution in [3.8, 4) is 0 Å². The molecular formula is C13H18O3S. The average Bonchev–Trinajstić information content (AvgIpc) is 2.29. The smallest absolute Gasteiger partial charge is 0.318 e. The number of hydrogen-bond donors (Lipinski definition) is 0. The summed E-state index contributed by atoms with van der Waals surface area (Å²) in [4.78, 5) is 12.1. The van der Waals surface area contributed by atoms with E-state index >= 15 is 0 Å². The van der Waals surface area contributed by atoms with E-state index in [9.17, 15) is 9.00 Å². The van der Waals surface area contributed by atoms with Gasteiger partial charge >= 0.3 is 5.97 Å². The molecule has 0 amide bonds. The van der Waals surface area contributed by atoms with Gasteiger partial charge in [-0.1, -0.05) is 31.5 Å². The van der Waals surface area contributed by atoms with Crippen molar-refractivity contribution in [1.82, 2.24) is 0 Å². The summed E-state index contributed by atoms with van der Waals surface area (Å²) < 4.78 is 16.9. The molecule has 0 radical (unpaired) electrons. The fourth-order valence-electron chi connectivity index (χ4n) is 1.37. The third-order valence-electron chi connectivity index (χ3n) is 2.35. The number of esters is 1. The predicted molar refractivity (Wildman–Crippen MR) is 68.3 cm³/mol. The molecule has 0 heterocycles. The first-order valence-electron chi connectivity index (χ1n) is 5.74. The van der Waals surface area contributed by atoms with E-state index in [0.29, 0.717) is 11.5 Å². The standard InChI is InChI=1S/C13H18O3S/c1-3-4-9-16-13(14)10-17(15)12-8-6-5-7-11(12)2/h5-8H,3-4,9-10H2,1-2H3. The first-order chi connectivity index (χ1) is 8.15. The highest BCUT2D eigenvalue weighted by Crippen LogP contribution is 2.12. The molecule has 0 saturated carbocycles. The van der Waals surface area contributed by atoms with Crippen LogP contribution < -0.4 is 0 Å². The summed E-state index contributed by atoms with van der Waals surface area (Å²) in [5.74, 6) is -0.450. The van der Waals surface area contributed by atoms with E-state index in [1.807, 2.05) is 32.0 Å². The number of hydrogen-bond acceptors (Lipinski definition) is 3. The highest BCUT2D eigenvalue weighted by molar-refractivity contribution is 7.85. The van der Waals surface area contributed by atoms with Crippen LogP contribution in [0.5, 0.6) is 0 Å². The summed E-state index contributed by atoms with van der Waals surface area (Å²) in [7, 11) is -1.31. The van der Waals surface area contributed by atoms with Crippen LogP contribution in [0.3, 0.4) is 0 Å². The Morgan fingerprint density at radius 2 is 2.06 bits per heavy atom. The van der Waals surface area contributed by atoms with E-state index in [0.717, 1.165) is 18.4 Å². The van der Waals surface area contributed by atoms with Gasteiger partial charge in [-0.25, -0.2) is 0 Å². The first-order valence-corrected chi connectivity index (χ1v) is 7.06. The SMILES string of the molecule is CCCCOC(=O)CS(=O)c1ccccc1C. The van der Waals surface area contributed by atoms with Gasteiger partial charge in [-0.3, -0.25) is 9.00 Å². The number of benzene rings is 1.